The fraction of sp³-hybridized carbons (Fsp3) is 0.208. The number of anilines is 1. The van der Waals surface area contributed by atoms with E-state index in [1.807, 2.05) is 49.6 Å². The minimum absolute atomic E-state index is 0.246. The summed E-state index contributed by atoms with van der Waals surface area (Å²) in [5, 5.41) is 9.67. The molecule has 2 heterocycles. The highest BCUT2D eigenvalue weighted by atomic mass is 35.5. The molecule has 2 aromatic heterocycles. The molecule has 0 saturated carbocycles. The minimum Gasteiger partial charge on any atom is -0.488 e. The Labute approximate surface area is 195 Å². The molecule has 0 spiro atoms. The van der Waals surface area contributed by atoms with Crippen molar-refractivity contribution in [1.82, 2.24) is 14.8 Å². The van der Waals surface area contributed by atoms with Crippen molar-refractivity contribution in [3.8, 4) is 5.75 Å². The van der Waals surface area contributed by atoms with Crippen LogP contribution < -0.4 is 10.1 Å². The van der Waals surface area contributed by atoms with E-state index in [4.69, 9.17) is 16.3 Å². The van der Waals surface area contributed by atoms with Crippen molar-refractivity contribution in [2.24, 2.45) is 0 Å². The number of halogens is 1. The molecule has 0 fully saturated rings. The number of amides is 1. The van der Waals surface area contributed by atoms with E-state index >= 15 is 0 Å². The first-order valence-corrected chi connectivity index (χ1v) is 11.4. The summed E-state index contributed by atoms with van der Waals surface area (Å²) in [6.07, 6.45) is 1.58. The fourth-order valence-corrected chi connectivity index (χ4v) is 4.54. The molecule has 1 amide bonds. The SMILES string of the molecule is Cc1cc(C)c(OCc2csc(C(=O)Nc3ncn(Cc4cccc(Cl)c4)n3)c2)c(C)c1. The van der Waals surface area contributed by atoms with Crippen LogP contribution in [0.4, 0.5) is 5.95 Å². The molecule has 4 aromatic rings. The minimum atomic E-state index is -0.246. The fourth-order valence-electron chi connectivity index (χ4n) is 3.53. The van der Waals surface area contributed by atoms with Gasteiger partial charge in [-0.1, -0.05) is 41.4 Å². The van der Waals surface area contributed by atoms with Crippen molar-refractivity contribution in [2.75, 3.05) is 5.32 Å². The molecule has 0 saturated heterocycles. The van der Waals surface area contributed by atoms with Gasteiger partial charge in [-0.05, 0) is 61.0 Å². The lowest BCUT2D eigenvalue weighted by Gasteiger charge is -2.12. The highest BCUT2D eigenvalue weighted by Gasteiger charge is 2.13. The number of rotatable bonds is 7. The lowest BCUT2D eigenvalue weighted by atomic mass is 10.1. The van der Waals surface area contributed by atoms with E-state index in [1.54, 1.807) is 11.0 Å². The van der Waals surface area contributed by atoms with Crippen LogP contribution in [-0.2, 0) is 13.2 Å². The monoisotopic (exact) mass is 466 g/mol. The summed E-state index contributed by atoms with van der Waals surface area (Å²) in [4.78, 5) is 17.4. The van der Waals surface area contributed by atoms with E-state index in [-0.39, 0.29) is 11.9 Å². The van der Waals surface area contributed by atoms with Gasteiger partial charge in [-0.3, -0.25) is 10.1 Å². The molecule has 32 heavy (non-hydrogen) atoms. The molecule has 1 N–H and O–H groups in total. The van der Waals surface area contributed by atoms with Crippen LogP contribution in [0.1, 0.15) is 37.5 Å². The number of carbonyl (C=O) groups excluding carboxylic acids is 1. The van der Waals surface area contributed by atoms with Crippen LogP contribution >= 0.6 is 22.9 Å². The molecule has 164 valence electrons. The van der Waals surface area contributed by atoms with E-state index < -0.39 is 0 Å². The summed E-state index contributed by atoms with van der Waals surface area (Å²) in [6, 6.07) is 13.6. The van der Waals surface area contributed by atoms with Gasteiger partial charge >= 0.3 is 0 Å². The number of benzene rings is 2. The first kappa shape index (κ1) is 22.0. The summed E-state index contributed by atoms with van der Waals surface area (Å²) in [5.74, 6) is 0.904. The second-order valence-electron chi connectivity index (χ2n) is 7.69. The third-order valence-electron chi connectivity index (χ3n) is 4.86. The number of aromatic nitrogens is 3. The lowest BCUT2D eigenvalue weighted by molar-refractivity contribution is 0.102. The number of ether oxygens (including phenoxy) is 1. The van der Waals surface area contributed by atoms with E-state index in [0.717, 1.165) is 28.0 Å². The van der Waals surface area contributed by atoms with Crippen LogP contribution in [-0.4, -0.2) is 20.7 Å². The number of aryl methyl sites for hydroxylation is 3. The maximum atomic E-state index is 12.6. The number of carbonyl (C=O) groups is 1. The maximum absolute atomic E-state index is 12.6. The Kier molecular flexibility index (Phi) is 6.58. The molecule has 0 aliphatic carbocycles. The molecule has 0 bridgehead atoms. The van der Waals surface area contributed by atoms with E-state index in [2.05, 4.69) is 34.5 Å². The molecule has 0 atom stereocenters. The zero-order chi connectivity index (χ0) is 22.7. The molecule has 4 rings (SSSR count). The third-order valence-corrected chi connectivity index (χ3v) is 6.07. The van der Waals surface area contributed by atoms with Gasteiger partial charge in [0.2, 0.25) is 5.95 Å². The Morgan fingerprint density at radius 1 is 1.12 bits per heavy atom. The summed E-state index contributed by atoms with van der Waals surface area (Å²) >= 11 is 7.39. The van der Waals surface area contributed by atoms with Crippen molar-refractivity contribution in [2.45, 2.75) is 33.9 Å². The van der Waals surface area contributed by atoms with Gasteiger partial charge < -0.3 is 4.74 Å². The lowest BCUT2D eigenvalue weighted by Crippen LogP contribution is -2.12. The number of nitrogens with zero attached hydrogens (tertiary/aromatic N) is 3. The first-order chi connectivity index (χ1) is 15.4. The smallest absolute Gasteiger partial charge is 0.268 e. The van der Waals surface area contributed by atoms with Gasteiger partial charge in [0, 0.05) is 10.6 Å². The third kappa shape index (κ3) is 5.36. The van der Waals surface area contributed by atoms with Crippen molar-refractivity contribution in [3.63, 3.8) is 0 Å². The largest absolute Gasteiger partial charge is 0.488 e. The summed E-state index contributed by atoms with van der Waals surface area (Å²) < 4.78 is 7.68. The van der Waals surface area contributed by atoms with Crippen LogP contribution in [0.2, 0.25) is 5.02 Å². The molecule has 2 aromatic carbocycles. The highest BCUT2D eigenvalue weighted by Crippen LogP contribution is 2.26. The van der Waals surface area contributed by atoms with Gasteiger partial charge in [-0.2, -0.15) is 0 Å². The molecule has 8 heteroatoms. The summed E-state index contributed by atoms with van der Waals surface area (Å²) in [7, 11) is 0. The van der Waals surface area contributed by atoms with Gasteiger partial charge in [0.05, 0.1) is 11.4 Å². The molecular formula is C24H23ClN4O2S. The quantitative estimate of drug-likeness (QED) is 0.374. The van der Waals surface area contributed by atoms with Crippen LogP contribution in [0.15, 0.2) is 54.2 Å². The average molecular weight is 467 g/mol. The van der Waals surface area contributed by atoms with Gasteiger partial charge in [-0.25, -0.2) is 9.67 Å². The molecule has 0 radical (unpaired) electrons. The van der Waals surface area contributed by atoms with Crippen molar-refractivity contribution in [1.29, 1.82) is 0 Å². The highest BCUT2D eigenvalue weighted by molar-refractivity contribution is 7.12. The summed E-state index contributed by atoms with van der Waals surface area (Å²) in [6.45, 7) is 7.08. The van der Waals surface area contributed by atoms with Crippen LogP contribution in [0.5, 0.6) is 5.75 Å². The second kappa shape index (κ2) is 9.54. The van der Waals surface area contributed by atoms with Crippen LogP contribution in [0, 0.1) is 20.8 Å². The van der Waals surface area contributed by atoms with Crippen molar-refractivity contribution in [3.05, 3.63) is 91.9 Å². The Balaban J connectivity index is 1.36. The predicted octanol–water partition coefficient (Wildman–Crippen LogP) is 5.80. The standard InChI is InChI=1S/C24H23ClN4O2S/c1-15-7-16(2)22(17(3)8-15)31-12-19-10-21(32-13-19)23(30)27-24-26-14-29(28-24)11-18-5-4-6-20(25)9-18/h4-10,13-14H,11-12H2,1-3H3,(H,27,28,30). The molecular weight excluding hydrogens is 444 g/mol. The molecule has 0 aliphatic rings. The Morgan fingerprint density at radius 2 is 1.91 bits per heavy atom. The zero-order valence-corrected chi connectivity index (χ0v) is 19.6. The van der Waals surface area contributed by atoms with Crippen molar-refractivity contribution >= 4 is 34.8 Å². The number of nitrogens with one attached hydrogen (secondary N) is 1. The average Bonchev–Trinajstić information content (AvgIpc) is 3.37. The predicted molar refractivity (Wildman–Crippen MR) is 128 cm³/mol. The number of hydrogen-bond donors (Lipinski definition) is 1. The zero-order valence-electron chi connectivity index (χ0n) is 18.1. The number of hydrogen-bond acceptors (Lipinski definition) is 5. The number of thiophene rings is 1. The van der Waals surface area contributed by atoms with Gasteiger partial charge in [0.25, 0.3) is 5.91 Å². The first-order valence-electron chi connectivity index (χ1n) is 10.1. The molecule has 0 unspecified atom stereocenters. The molecule has 0 aliphatic heterocycles. The second-order valence-corrected chi connectivity index (χ2v) is 9.03. The van der Waals surface area contributed by atoms with Gasteiger partial charge in [-0.15, -0.1) is 16.4 Å². The topological polar surface area (TPSA) is 69.0 Å². The Morgan fingerprint density at radius 3 is 2.66 bits per heavy atom. The van der Waals surface area contributed by atoms with Gasteiger partial charge in [0.1, 0.15) is 18.7 Å². The van der Waals surface area contributed by atoms with Crippen LogP contribution in [0.3, 0.4) is 0 Å². The molecule has 6 nitrogen and oxygen atoms in total. The van der Waals surface area contributed by atoms with E-state index in [9.17, 15) is 4.79 Å². The normalized spacial score (nSPS) is 10.9. The maximum Gasteiger partial charge on any atom is 0.268 e. The van der Waals surface area contributed by atoms with Gasteiger partial charge in [0.15, 0.2) is 0 Å². The summed E-state index contributed by atoms with van der Waals surface area (Å²) in [5.41, 5.74) is 5.37. The Hall–Kier alpha value is -3.16. The Bertz CT molecular complexity index is 1240. The van der Waals surface area contributed by atoms with Crippen LogP contribution in [0.25, 0.3) is 0 Å². The van der Waals surface area contributed by atoms with Crippen molar-refractivity contribution < 1.29 is 9.53 Å². The van der Waals surface area contributed by atoms with E-state index in [1.165, 1.54) is 16.9 Å². The van der Waals surface area contributed by atoms with E-state index in [0.29, 0.717) is 23.1 Å².